The van der Waals surface area contributed by atoms with Gasteiger partial charge in [0, 0.05) is 32.6 Å². The van der Waals surface area contributed by atoms with Gasteiger partial charge in [0.2, 0.25) is 11.8 Å². The van der Waals surface area contributed by atoms with E-state index in [0.29, 0.717) is 42.1 Å². The van der Waals surface area contributed by atoms with Crippen LogP contribution in [0.2, 0.25) is 0 Å². The van der Waals surface area contributed by atoms with Crippen molar-refractivity contribution in [1.82, 2.24) is 19.8 Å². The number of carbonyl (C=O) groups excluding carboxylic acids is 2. The molecule has 0 atom stereocenters. The fourth-order valence-electron chi connectivity index (χ4n) is 3.40. The molecule has 1 fully saturated rings. The third-order valence-corrected chi connectivity index (χ3v) is 5.78. The van der Waals surface area contributed by atoms with E-state index < -0.39 is 0 Å². The van der Waals surface area contributed by atoms with E-state index >= 15 is 0 Å². The molecule has 1 N–H and O–H groups in total. The molecule has 29 heavy (non-hydrogen) atoms. The number of aromatic nitrogens is 2. The molecule has 0 aliphatic carbocycles. The highest BCUT2D eigenvalue weighted by Gasteiger charge is 2.19. The van der Waals surface area contributed by atoms with Crippen LogP contribution in [0, 0.1) is 5.92 Å². The molecule has 0 saturated carbocycles. The van der Waals surface area contributed by atoms with Crippen LogP contribution in [0.5, 0.6) is 0 Å². The van der Waals surface area contributed by atoms with Gasteiger partial charge in [0.05, 0.1) is 16.7 Å². The predicted octanol–water partition coefficient (Wildman–Crippen LogP) is 2.27. The third kappa shape index (κ3) is 5.59. The molecule has 0 bridgehead atoms. The Morgan fingerprint density at radius 2 is 2.07 bits per heavy atom. The number of carbonyl (C=O) groups is 2. The molecule has 2 aromatic rings. The molecule has 1 saturated heterocycles. The quantitative estimate of drug-likeness (QED) is 0.385. The van der Waals surface area contributed by atoms with Gasteiger partial charge in [-0.25, -0.2) is 4.98 Å². The van der Waals surface area contributed by atoms with Gasteiger partial charge in [-0.1, -0.05) is 37.7 Å². The van der Waals surface area contributed by atoms with Crippen LogP contribution in [0.1, 0.15) is 33.1 Å². The number of para-hydroxylation sites is 1. The van der Waals surface area contributed by atoms with Gasteiger partial charge in [-0.05, 0) is 30.9 Å². The Labute approximate surface area is 174 Å². The summed E-state index contributed by atoms with van der Waals surface area (Å²) in [5.74, 6) is 0.599. The zero-order chi connectivity index (χ0) is 20.8. The van der Waals surface area contributed by atoms with Crippen LogP contribution in [0.15, 0.2) is 34.2 Å². The lowest BCUT2D eigenvalue weighted by Crippen LogP contribution is -2.31. The number of thioether (sulfide) groups is 1. The highest BCUT2D eigenvalue weighted by Crippen LogP contribution is 2.18. The molecule has 0 unspecified atom stereocenters. The normalized spacial score (nSPS) is 14.2. The van der Waals surface area contributed by atoms with Gasteiger partial charge in [-0.15, -0.1) is 0 Å². The van der Waals surface area contributed by atoms with E-state index in [4.69, 9.17) is 0 Å². The van der Waals surface area contributed by atoms with E-state index in [9.17, 15) is 14.4 Å². The first-order chi connectivity index (χ1) is 14.0. The predicted molar refractivity (Wildman–Crippen MR) is 115 cm³/mol. The Balaban J connectivity index is 1.58. The molecule has 0 spiro atoms. The van der Waals surface area contributed by atoms with Gasteiger partial charge >= 0.3 is 0 Å². The Morgan fingerprint density at radius 3 is 2.79 bits per heavy atom. The summed E-state index contributed by atoms with van der Waals surface area (Å²) in [5.41, 5.74) is 0.582. The van der Waals surface area contributed by atoms with Crippen LogP contribution in [-0.4, -0.2) is 51.7 Å². The molecule has 2 amide bonds. The lowest BCUT2D eigenvalue weighted by Gasteiger charge is -2.16. The van der Waals surface area contributed by atoms with Crippen molar-refractivity contribution in [2.75, 3.05) is 25.4 Å². The standard InChI is InChI=1S/C21H28N4O3S/c1-15(2)13-25-20(28)16-7-3-4-8-17(16)23-21(25)29-14-18(26)22-10-6-12-24-11-5-9-19(24)27/h3-4,7-8,15H,5-6,9-14H2,1-2H3,(H,22,26). The second kappa shape index (κ2) is 9.91. The van der Waals surface area contributed by atoms with Crippen LogP contribution < -0.4 is 10.9 Å². The molecule has 1 aliphatic rings. The number of nitrogens with zero attached hydrogens (tertiary/aromatic N) is 3. The first kappa shape index (κ1) is 21.4. The maximum absolute atomic E-state index is 12.9. The topological polar surface area (TPSA) is 84.3 Å². The van der Waals surface area contributed by atoms with E-state index in [0.717, 1.165) is 19.4 Å². The molecule has 1 aromatic carbocycles. The van der Waals surface area contributed by atoms with Crippen LogP contribution in [0.4, 0.5) is 0 Å². The molecule has 3 rings (SSSR count). The van der Waals surface area contributed by atoms with Crippen molar-refractivity contribution < 1.29 is 9.59 Å². The molecular weight excluding hydrogens is 388 g/mol. The van der Waals surface area contributed by atoms with Crippen molar-refractivity contribution in [3.8, 4) is 0 Å². The van der Waals surface area contributed by atoms with Crippen LogP contribution in [0.3, 0.4) is 0 Å². The minimum absolute atomic E-state index is 0.0671. The molecule has 156 valence electrons. The molecule has 0 radical (unpaired) electrons. The molecule has 8 heteroatoms. The number of hydrogen-bond donors (Lipinski definition) is 1. The minimum Gasteiger partial charge on any atom is -0.355 e. The summed E-state index contributed by atoms with van der Waals surface area (Å²) >= 11 is 1.29. The van der Waals surface area contributed by atoms with Gasteiger partial charge in [0.25, 0.3) is 5.56 Å². The smallest absolute Gasteiger partial charge is 0.262 e. The number of benzene rings is 1. The van der Waals surface area contributed by atoms with Gasteiger partial charge in [0.15, 0.2) is 5.16 Å². The summed E-state index contributed by atoms with van der Waals surface area (Å²) in [4.78, 5) is 43.2. The fraction of sp³-hybridized carbons (Fsp3) is 0.524. The molecule has 7 nitrogen and oxygen atoms in total. The number of likely N-dealkylation sites (tertiary alicyclic amines) is 1. The fourth-order valence-corrected chi connectivity index (χ4v) is 4.24. The van der Waals surface area contributed by atoms with E-state index in [1.54, 1.807) is 10.6 Å². The number of nitrogens with one attached hydrogen (secondary N) is 1. The SMILES string of the molecule is CC(C)Cn1c(SCC(=O)NCCCN2CCCC2=O)nc2ccccc2c1=O. The van der Waals surface area contributed by atoms with Gasteiger partial charge in [-0.3, -0.25) is 19.0 Å². The van der Waals surface area contributed by atoms with E-state index in [-0.39, 0.29) is 29.0 Å². The van der Waals surface area contributed by atoms with E-state index in [1.165, 1.54) is 11.8 Å². The largest absolute Gasteiger partial charge is 0.355 e. The minimum atomic E-state index is -0.0961. The number of amides is 2. The highest BCUT2D eigenvalue weighted by molar-refractivity contribution is 7.99. The lowest BCUT2D eigenvalue weighted by molar-refractivity contribution is -0.127. The Hall–Kier alpha value is -2.35. The Kier molecular flexibility index (Phi) is 7.30. The monoisotopic (exact) mass is 416 g/mol. The lowest BCUT2D eigenvalue weighted by atomic mass is 10.2. The van der Waals surface area contributed by atoms with E-state index in [2.05, 4.69) is 10.3 Å². The average molecular weight is 417 g/mol. The van der Waals surface area contributed by atoms with Crippen molar-refractivity contribution in [1.29, 1.82) is 0 Å². The van der Waals surface area contributed by atoms with Crippen LogP contribution in [0.25, 0.3) is 10.9 Å². The van der Waals surface area contributed by atoms with E-state index in [1.807, 2.05) is 36.9 Å². The van der Waals surface area contributed by atoms with Crippen molar-refractivity contribution in [3.63, 3.8) is 0 Å². The molecule has 2 heterocycles. The van der Waals surface area contributed by atoms with Crippen LogP contribution in [-0.2, 0) is 16.1 Å². The third-order valence-electron chi connectivity index (χ3n) is 4.81. The van der Waals surface area contributed by atoms with Crippen molar-refractivity contribution in [3.05, 3.63) is 34.6 Å². The second-order valence-electron chi connectivity index (χ2n) is 7.70. The van der Waals surface area contributed by atoms with Crippen molar-refractivity contribution in [2.24, 2.45) is 5.92 Å². The van der Waals surface area contributed by atoms with Gasteiger partial charge < -0.3 is 10.2 Å². The summed E-state index contributed by atoms with van der Waals surface area (Å²) in [6, 6.07) is 7.29. The second-order valence-corrected chi connectivity index (χ2v) is 8.64. The summed E-state index contributed by atoms with van der Waals surface area (Å²) < 4.78 is 1.67. The van der Waals surface area contributed by atoms with Gasteiger partial charge in [-0.2, -0.15) is 0 Å². The maximum atomic E-state index is 12.9. The zero-order valence-electron chi connectivity index (χ0n) is 17.0. The summed E-state index contributed by atoms with van der Waals surface area (Å²) in [6.07, 6.45) is 2.31. The molecule has 1 aromatic heterocycles. The maximum Gasteiger partial charge on any atom is 0.262 e. The van der Waals surface area contributed by atoms with Crippen LogP contribution >= 0.6 is 11.8 Å². The summed E-state index contributed by atoms with van der Waals surface area (Å²) in [7, 11) is 0. The van der Waals surface area contributed by atoms with Crippen molar-refractivity contribution in [2.45, 2.75) is 44.8 Å². The zero-order valence-corrected chi connectivity index (χ0v) is 17.8. The number of fused-ring (bicyclic) bond motifs is 1. The van der Waals surface area contributed by atoms with Crippen molar-refractivity contribution >= 4 is 34.5 Å². The Morgan fingerprint density at radius 1 is 1.28 bits per heavy atom. The summed E-state index contributed by atoms with van der Waals surface area (Å²) in [6.45, 7) is 6.70. The number of hydrogen-bond acceptors (Lipinski definition) is 5. The Bertz CT molecular complexity index is 941. The highest BCUT2D eigenvalue weighted by atomic mass is 32.2. The summed E-state index contributed by atoms with van der Waals surface area (Å²) in [5, 5.41) is 4.06. The number of rotatable bonds is 9. The first-order valence-corrected chi connectivity index (χ1v) is 11.1. The molecule has 1 aliphatic heterocycles. The van der Waals surface area contributed by atoms with Gasteiger partial charge in [0.1, 0.15) is 0 Å². The molecular formula is C21H28N4O3S. The first-order valence-electron chi connectivity index (χ1n) is 10.1. The average Bonchev–Trinajstić information content (AvgIpc) is 3.10.